The molecule has 0 aromatic carbocycles. The summed E-state index contributed by atoms with van der Waals surface area (Å²) < 4.78 is 4.94. The quantitative estimate of drug-likeness (QED) is 0.690. The van der Waals surface area contributed by atoms with Crippen LogP contribution in [-0.4, -0.2) is 5.11 Å². The lowest BCUT2D eigenvalue weighted by Crippen LogP contribution is -1.78. The second-order valence-corrected chi connectivity index (χ2v) is 1.90. The standard InChI is InChI=1S/C8H9O2/c1-2-3-4-8-7(9)5-6-10-8/h2-3,5-6,9H,1,4H2. The molecule has 53 valence electrons. The number of furan rings is 1. The Labute approximate surface area is 59.8 Å². The fourth-order valence-corrected chi connectivity index (χ4v) is 0.677. The Balaban J connectivity index is 2.56. The van der Waals surface area contributed by atoms with Crippen molar-refractivity contribution in [2.24, 2.45) is 0 Å². The molecule has 0 saturated heterocycles. The van der Waals surface area contributed by atoms with Crippen LogP contribution < -0.4 is 0 Å². The van der Waals surface area contributed by atoms with E-state index < -0.39 is 0 Å². The summed E-state index contributed by atoms with van der Waals surface area (Å²) in [5, 5.41) is 9.03. The Morgan fingerprint density at radius 1 is 1.70 bits per heavy atom. The van der Waals surface area contributed by atoms with Crippen LogP contribution in [0.4, 0.5) is 0 Å². The Morgan fingerprint density at radius 2 is 2.50 bits per heavy atom. The molecular weight excluding hydrogens is 128 g/mol. The van der Waals surface area contributed by atoms with Gasteiger partial charge in [0.05, 0.1) is 6.26 Å². The highest BCUT2D eigenvalue weighted by molar-refractivity contribution is 5.24. The van der Waals surface area contributed by atoms with Crippen molar-refractivity contribution >= 4 is 0 Å². The molecule has 0 atom stereocenters. The lowest BCUT2D eigenvalue weighted by Gasteiger charge is -1.90. The lowest BCUT2D eigenvalue weighted by molar-refractivity contribution is 0.436. The highest BCUT2D eigenvalue weighted by Crippen LogP contribution is 2.18. The first kappa shape index (κ1) is 6.93. The smallest absolute Gasteiger partial charge is 0.156 e. The molecule has 0 aliphatic rings. The van der Waals surface area contributed by atoms with Gasteiger partial charge in [0.25, 0.3) is 0 Å². The van der Waals surface area contributed by atoms with Gasteiger partial charge in [-0.05, 0) is 6.42 Å². The third-order valence-corrected chi connectivity index (χ3v) is 1.19. The number of hydrogen-bond acceptors (Lipinski definition) is 2. The molecule has 0 aliphatic heterocycles. The fourth-order valence-electron chi connectivity index (χ4n) is 0.677. The van der Waals surface area contributed by atoms with E-state index in [0.29, 0.717) is 12.2 Å². The van der Waals surface area contributed by atoms with Crippen LogP contribution in [0.15, 0.2) is 29.4 Å². The predicted molar refractivity (Wildman–Crippen MR) is 38.6 cm³/mol. The first-order chi connectivity index (χ1) is 4.84. The van der Waals surface area contributed by atoms with Gasteiger partial charge in [-0.25, -0.2) is 0 Å². The van der Waals surface area contributed by atoms with Gasteiger partial charge in [-0.2, -0.15) is 0 Å². The van der Waals surface area contributed by atoms with Gasteiger partial charge in [0, 0.05) is 12.5 Å². The van der Waals surface area contributed by atoms with Gasteiger partial charge in [-0.15, -0.1) is 6.58 Å². The molecule has 2 nitrogen and oxygen atoms in total. The minimum Gasteiger partial charge on any atom is -0.504 e. The van der Waals surface area contributed by atoms with Crippen molar-refractivity contribution in [1.82, 2.24) is 0 Å². The Kier molecular flexibility index (Phi) is 2.15. The minimum absolute atomic E-state index is 0.207. The van der Waals surface area contributed by atoms with Gasteiger partial charge in [0.1, 0.15) is 5.76 Å². The van der Waals surface area contributed by atoms with E-state index in [1.54, 1.807) is 6.08 Å². The zero-order valence-electron chi connectivity index (χ0n) is 5.58. The first-order valence-corrected chi connectivity index (χ1v) is 3.04. The molecular formula is C8H9O2. The molecule has 0 unspecified atom stereocenters. The fraction of sp³-hybridized carbons (Fsp3) is 0.125. The molecule has 1 heterocycles. The summed E-state index contributed by atoms with van der Waals surface area (Å²) in [5.74, 6) is 0.790. The van der Waals surface area contributed by atoms with Crippen LogP contribution in [0.1, 0.15) is 5.76 Å². The van der Waals surface area contributed by atoms with Crippen molar-refractivity contribution in [3.05, 3.63) is 37.2 Å². The van der Waals surface area contributed by atoms with Crippen LogP contribution in [0.3, 0.4) is 0 Å². The molecule has 1 aromatic heterocycles. The van der Waals surface area contributed by atoms with Crippen molar-refractivity contribution < 1.29 is 9.52 Å². The van der Waals surface area contributed by atoms with Crippen molar-refractivity contribution in [1.29, 1.82) is 0 Å². The van der Waals surface area contributed by atoms with Gasteiger partial charge in [0.15, 0.2) is 5.75 Å². The SMILES string of the molecule is C=C[CH]Cc1occc1O. The Hall–Kier alpha value is -1.18. The summed E-state index contributed by atoms with van der Waals surface area (Å²) in [6.45, 7) is 3.51. The van der Waals surface area contributed by atoms with E-state index >= 15 is 0 Å². The third-order valence-electron chi connectivity index (χ3n) is 1.19. The summed E-state index contributed by atoms with van der Waals surface area (Å²) in [7, 11) is 0. The van der Waals surface area contributed by atoms with E-state index in [1.165, 1.54) is 12.3 Å². The normalized spacial score (nSPS) is 9.60. The molecule has 1 aromatic rings. The van der Waals surface area contributed by atoms with E-state index in [9.17, 15) is 0 Å². The summed E-state index contributed by atoms with van der Waals surface area (Å²) in [4.78, 5) is 0. The van der Waals surface area contributed by atoms with Crippen molar-refractivity contribution in [2.45, 2.75) is 6.42 Å². The van der Waals surface area contributed by atoms with E-state index in [1.807, 2.05) is 6.42 Å². The monoisotopic (exact) mass is 137 g/mol. The van der Waals surface area contributed by atoms with Gasteiger partial charge in [0.2, 0.25) is 0 Å². The number of aromatic hydroxyl groups is 1. The van der Waals surface area contributed by atoms with Crippen molar-refractivity contribution in [3.8, 4) is 5.75 Å². The maximum absolute atomic E-state index is 9.03. The maximum Gasteiger partial charge on any atom is 0.156 e. The Bertz CT molecular complexity index is 213. The molecule has 0 saturated carbocycles. The third kappa shape index (κ3) is 1.41. The van der Waals surface area contributed by atoms with Gasteiger partial charge in [-0.1, -0.05) is 6.08 Å². The Morgan fingerprint density at radius 3 is 3.00 bits per heavy atom. The summed E-state index contributed by atoms with van der Waals surface area (Å²) in [6.07, 6.45) is 5.55. The molecule has 2 heteroatoms. The van der Waals surface area contributed by atoms with Crippen LogP contribution >= 0.6 is 0 Å². The molecule has 0 bridgehead atoms. The molecule has 1 rings (SSSR count). The van der Waals surface area contributed by atoms with Crippen molar-refractivity contribution in [2.75, 3.05) is 0 Å². The number of hydrogen-bond donors (Lipinski definition) is 1. The van der Waals surface area contributed by atoms with Crippen LogP contribution in [-0.2, 0) is 6.42 Å². The molecule has 0 spiro atoms. The number of rotatable bonds is 3. The van der Waals surface area contributed by atoms with E-state index in [-0.39, 0.29) is 5.75 Å². The van der Waals surface area contributed by atoms with Crippen LogP contribution in [0.5, 0.6) is 5.75 Å². The van der Waals surface area contributed by atoms with Gasteiger partial charge >= 0.3 is 0 Å². The molecule has 1 radical (unpaired) electrons. The highest BCUT2D eigenvalue weighted by atomic mass is 16.4. The number of allylic oxidation sites excluding steroid dienone is 1. The zero-order valence-corrected chi connectivity index (χ0v) is 5.58. The summed E-state index contributed by atoms with van der Waals surface area (Å²) in [5.41, 5.74) is 0. The van der Waals surface area contributed by atoms with E-state index in [2.05, 4.69) is 6.58 Å². The maximum atomic E-state index is 9.03. The summed E-state index contributed by atoms with van der Waals surface area (Å²) >= 11 is 0. The van der Waals surface area contributed by atoms with Crippen LogP contribution in [0, 0.1) is 6.42 Å². The second-order valence-electron chi connectivity index (χ2n) is 1.90. The van der Waals surface area contributed by atoms with Crippen LogP contribution in [0.2, 0.25) is 0 Å². The zero-order chi connectivity index (χ0) is 7.40. The molecule has 0 aliphatic carbocycles. The van der Waals surface area contributed by atoms with Crippen molar-refractivity contribution in [3.63, 3.8) is 0 Å². The average molecular weight is 137 g/mol. The van der Waals surface area contributed by atoms with Gasteiger partial charge < -0.3 is 9.52 Å². The molecule has 1 N–H and O–H groups in total. The lowest BCUT2D eigenvalue weighted by atomic mass is 10.2. The second kappa shape index (κ2) is 3.11. The average Bonchev–Trinajstić information content (AvgIpc) is 2.31. The van der Waals surface area contributed by atoms with E-state index in [0.717, 1.165) is 0 Å². The molecule has 0 amide bonds. The molecule has 10 heavy (non-hydrogen) atoms. The largest absolute Gasteiger partial charge is 0.504 e. The minimum atomic E-state index is 0.207. The van der Waals surface area contributed by atoms with Crippen LogP contribution in [0.25, 0.3) is 0 Å². The molecule has 0 fully saturated rings. The van der Waals surface area contributed by atoms with E-state index in [4.69, 9.17) is 9.52 Å². The topological polar surface area (TPSA) is 33.4 Å². The highest BCUT2D eigenvalue weighted by Gasteiger charge is 2.01. The summed E-state index contributed by atoms with van der Waals surface area (Å²) in [6, 6.07) is 1.52. The predicted octanol–water partition coefficient (Wildman–Crippen LogP) is 1.92. The first-order valence-electron chi connectivity index (χ1n) is 3.04. The van der Waals surface area contributed by atoms with Gasteiger partial charge in [-0.3, -0.25) is 0 Å².